The Morgan fingerprint density at radius 2 is 2.00 bits per heavy atom. The van der Waals surface area contributed by atoms with Crippen LogP contribution in [0.3, 0.4) is 0 Å². The molecule has 3 nitrogen and oxygen atoms in total. The summed E-state index contributed by atoms with van der Waals surface area (Å²) in [5, 5.41) is 3.75. The quantitative estimate of drug-likeness (QED) is 0.806. The summed E-state index contributed by atoms with van der Waals surface area (Å²) in [6.07, 6.45) is 8.47. The van der Waals surface area contributed by atoms with Crippen molar-refractivity contribution in [2.45, 2.75) is 63.6 Å². The monoisotopic (exact) mass is 251 g/mol. The SMILES string of the molecule is CC1CN2CCCC2CN1CC1CCCCCN1. The first-order chi connectivity index (χ1) is 8.83. The summed E-state index contributed by atoms with van der Waals surface area (Å²) in [6, 6.07) is 2.37. The van der Waals surface area contributed by atoms with Gasteiger partial charge in [-0.3, -0.25) is 9.80 Å². The lowest BCUT2D eigenvalue weighted by molar-refractivity contribution is 0.0521. The smallest absolute Gasteiger partial charge is 0.0224 e. The van der Waals surface area contributed by atoms with E-state index >= 15 is 0 Å². The summed E-state index contributed by atoms with van der Waals surface area (Å²) in [4.78, 5) is 5.48. The van der Waals surface area contributed by atoms with Gasteiger partial charge < -0.3 is 5.32 Å². The van der Waals surface area contributed by atoms with E-state index in [9.17, 15) is 0 Å². The molecule has 0 spiro atoms. The lowest BCUT2D eigenvalue weighted by atomic mass is 10.0. The molecule has 104 valence electrons. The van der Waals surface area contributed by atoms with E-state index in [0.29, 0.717) is 0 Å². The van der Waals surface area contributed by atoms with E-state index < -0.39 is 0 Å². The number of hydrogen-bond donors (Lipinski definition) is 1. The van der Waals surface area contributed by atoms with E-state index in [4.69, 9.17) is 0 Å². The molecule has 18 heavy (non-hydrogen) atoms. The van der Waals surface area contributed by atoms with Gasteiger partial charge >= 0.3 is 0 Å². The van der Waals surface area contributed by atoms with Crippen molar-refractivity contribution in [3.8, 4) is 0 Å². The Bertz CT molecular complexity index is 260. The molecule has 0 aromatic heterocycles. The fourth-order valence-corrected chi connectivity index (χ4v) is 4.04. The number of rotatable bonds is 2. The van der Waals surface area contributed by atoms with Crippen LogP contribution in [0.5, 0.6) is 0 Å². The molecule has 3 aliphatic rings. The fourth-order valence-electron chi connectivity index (χ4n) is 4.04. The number of piperazine rings is 1. The predicted molar refractivity (Wildman–Crippen MR) is 75.9 cm³/mol. The Labute approximate surface area is 112 Å². The topological polar surface area (TPSA) is 18.5 Å². The minimum atomic E-state index is 0.753. The van der Waals surface area contributed by atoms with Gasteiger partial charge in [0, 0.05) is 37.8 Å². The van der Waals surface area contributed by atoms with Crippen molar-refractivity contribution >= 4 is 0 Å². The summed E-state index contributed by atoms with van der Waals surface area (Å²) in [5.41, 5.74) is 0. The number of hydrogen-bond acceptors (Lipinski definition) is 3. The molecule has 3 atom stereocenters. The molecule has 0 aliphatic carbocycles. The molecule has 3 unspecified atom stereocenters. The highest BCUT2D eigenvalue weighted by atomic mass is 15.3. The van der Waals surface area contributed by atoms with Crippen LogP contribution in [0.2, 0.25) is 0 Å². The third-order valence-electron chi connectivity index (χ3n) is 5.18. The first kappa shape index (κ1) is 12.9. The standard InChI is InChI=1S/C15H29N3/c1-13-10-17-9-5-7-15(17)12-18(13)11-14-6-3-2-4-8-16-14/h13-16H,2-12H2,1H3. The molecule has 3 aliphatic heterocycles. The van der Waals surface area contributed by atoms with Gasteiger partial charge in [-0.1, -0.05) is 12.8 Å². The van der Waals surface area contributed by atoms with Crippen LogP contribution in [0.4, 0.5) is 0 Å². The number of fused-ring (bicyclic) bond motifs is 1. The van der Waals surface area contributed by atoms with Gasteiger partial charge in [-0.2, -0.15) is 0 Å². The van der Waals surface area contributed by atoms with Crippen LogP contribution in [0.15, 0.2) is 0 Å². The third-order valence-corrected chi connectivity index (χ3v) is 5.18. The van der Waals surface area contributed by atoms with Crippen molar-refractivity contribution < 1.29 is 0 Å². The molecule has 3 rings (SSSR count). The van der Waals surface area contributed by atoms with E-state index in [2.05, 4.69) is 22.0 Å². The summed E-state index contributed by atoms with van der Waals surface area (Å²) in [6.45, 7) is 8.92. The summed E-state index contributed by atoms with van der Waals surface area (Å²) in [5.74, 6) is 0. The lowest BCUT2D eigenvalue weighted by Crippen LogP contribution is -2.57. The fraction of sp³-hybridized carbons (Fsp3) is 1.00. The van der Waals surface area contributed by atoms with Crippen LogP contribution in [0, 0.1) is 0 Å². The average Bonchev–Trinajstić information content (AvgIpc) is 2.65. The van der Waals surface area contributed by atoms with Crippen molar-refractivity contribution in [1.82, 2.24) is 15.1 Å². The van der Waals surface area contributed by atoms with Crippen molar-refractivity contribution in [2.75, 3.05) is 32.7 Å². The summed E-state index contributed by atoms with van der Waals surface area (Å²) >= 11 is 0. The Morgan fingerprint density at radius 3 is 2.94 bits per heavy atom. The minimum absolute atomic E-state index is 0.753. The van der Waals surface area contributed by atoms with E-state index in [0.717, 1.165) is 18.1 Å². The van der Waals surface area contributed by atoms with Crippen LogP contribution in [-0.2, 0) is 0 Å². The number of nitrogens with one attached hydrogen (secondary N) is 1. The van der Waals surface area contributed by atoms with E-state index in [1.54, 1.807) is 0 Å². The molecule has 0 aromatic carbocycles. The molecule has 0 bridgehead atoms. The Morgan fingerprint density at radius 1 is 1.06 bits per heavy atom. The van der Waals surface area contributed by atoms with Gasteiger partial charge in [0.1, 0.15) is 0 Å². The summed E-state index contributed by atoms with van der Waals surface area (Å²) < 4.78 is 0. The maximum Gasteiger partial charge on any atom is 0.0224 e. The second kappa shape index (κ2) is 5.89. The largest absolute Gasteiger partial charge is 0.313 e. The molecular formula is C15H29N3. The second-order valence-corrected chi connectivity index (χ2v) is 6.59. The molecule has 0 aromatic rings. The first-order valence-corrected chi connectivity index (χ1v) is 8.04. The predicted octanol–water partition coefficient (Wildman–Crippen LogP) is 1.69. The van der Waals surface area contributed by atoms with E-state index in [-0.39, 0.29) is 0 Å². The molecule has 1 N–H and O–H groups in total. The van der Waals surface area contributed by atoms with Crippen LogP contribution < -0.4 is 5.32 Å². The van der Waals surface area contributed by atoms with Gasteiger partial charge in [-0.05, 0) is 45.7 Å². The Hall–Kier alpha value is -0.120. The number of nitrogens with zero attached hydrogens (tertiary/aromatic N) is 2. The second-order valence-electron chi connectivity index (χ2n) is 6.59. The van der Waals surface area contributed by atoms with Crippen LogP contribution in [-0.4, -0.2) is 60.6 Å². The van der Waals surface area contributed by atoms with Gasteiger partial charge in [0.05, 0.1) is 0 Å². The summed E-state index contributed by atoms with van der Waals surface area (Å²) in [7, 11) is 0. The molecule has 3 fully saturated rings. The van der Waals surface area contributed by atoms with E-state index in [1.807, 2.05) is 0 Å². The highest BCUT2D eigenvalue weighted by Gasteiger charge is 2.34. The Balaban J connectivity index is 1.54. The highest BCUT2D eigenvalue weighted by molar-refractivity contribution is 4.92. The normalized spacial score (nSPS) is 39.5. The van der Waals surface area contributed by atoms with Gasteiger partial charge in [-0.25, -0.2) is 0 Å². The van der Waals surface area contributed by atoms with Crippen LogP contribution >= 0.6 is 0 Å². The van der Waals surface area contributed by atoms with Crippen molar-refractivity contribution in [3.63, 3.8) is 0 Å². The van der Waals surface area contributed by atoms with Gasteiger partial charge in [0.15, 0.2) is 0 Å². The molecule has 0 saturated carbocycles. The lowest BCUT2D eigenvalue weighted by Gasteiger charge is -2.43. The maximum absolute atomic E-state index is 3.75. The zero-order valence-corrected chi connectivity index (χ0v) is 11.9. The molecule has 3 heteroatoms. The molecule has 3 saturated heterocycles. The van der Waals surface area contributed by atoms with Crippen LogP contribution in [0.1, 0.15) is 45.4 Å². The van der Waals surface area contributed by atoms with E-state index in [1.165, 1.54) is 71.2 Å². The van der Waals surface area contributed by atoms with Gasteiger partial charge in [-0.15, -0.1) is 0 Å². The molecule has 0 amide bonds. The third kappa shape index (κ3) is 2.89. The average molecular weight is 251 g/mol. The van der Waals surface area contributed by atoms with Crippen molar-refractivity contribution in [1.29, 1.82) is 0 Å². The zero-order chi connectivity index (χ0) is 12.4. The maximum atomic E-state index is 3.75. The van der Waals surface area contributed by atoms with Crippen molar-refractivity contribution in [2.24, 2.45) is 0 Å². The Kier molecular flexibility index (Phi) is 4.22. The molecular weight excluding hydrogens is 222 g/mol. The molecule has 0 radical (unpaired) electrons. The van der Waals surface area contributed by atoms with Gasteiger partial charge in [0.2, 0.25) is 0 Å². The minimum Gasteiger partial charge on any atom is -0.313 e. The zero-order valence-electron chi connectivity index (χ0n) is 11.9. The van der Waals surface area contributed by atoms with Crippen molar-refractivity contribution in [3.05, 3.63) is 0 Å². The molecule has 3 heterocycles. The van der Waals surface area contributed by atoms with Crippen LogP contribution in [0.25, 0.3) is 0 Å². The highest BCUT2D eigenvalue weighted by Crippen LogP contribution is 2.25. The van der Waals surface area contributed by atoms with Gasteiger partial charge in [0.25, 0.3) is 0 Å². The first-order valence-electron chi connectivity index (χ1n) is 8.04.